The Morgan fingerprint density at radius 2 is 2.05 bits per heavy atom. The van der Waals surface area contributed by atoms with Crippen molar-refractivity contribution in [2.24, 2.45) is 5.92 Å². The number of piperidine rings is 1. The molecule has 1 aromatic rings. The number of carbonyl (C=O) groups excluding carboxylic acids is 1. The van der Waals surface area contributed by atoms with Crippen LogP contribution < -0.4 is 10.1 Å². The third kappa shape index (κ3) is 2.64. The van der Waals surface area contributed by atoms with E-state index < -0.39 is 0 Å². The lowest BCUT2D eigenvalue weighted by Gasteiger charge is -2.36. The van der Waals surface area contributed by atoms with Crippen LogP contribution in [0.3, 0.4) is 0 Å². The molecule has 0 aliphatic carbocycles. The lowest BCUT2D eigenvalue weighted by atomic mass is 9.91. The number of hydrogen-bond donors (Lipinski definition) is 1. The number of rotatable bonds is 3. The maximum atomic E-state index is 11.8. The molecular weight excluding hydrogens is 264 g/mol. The Kier molecular flexibility index (Phi) is 3.89. The van der Waals surface area contributed by atoms with Crippen LogP contribution in [0.1, 0.15) is 29.5 Å². The number of benzene rings is 1. The van der Waals surface area contributed by atoms with E-state index in [1.807, 2.05) is 0 Å². The number of hydrogen-bond acceptors (Lipinski definition) is 3. The zero-order valence-corrected chi connectivity index (χ0v) is 13.1. The molecule has 1 N–H and O–H groups in total. The average Bonchev–Trinajstić information content (AvgIpc) is 2.82. The van der Waals surface area contributed by atoms with Gasteiger partial charge in [-0.2, -0.15) is 0 Å². The third-order valence-corrected chi connectivity index (χ3v) is 4.83. The minimum atomic E-state index is 0.194. The molecule has 21 heavy (non-hydrogen) atoms. The molecule has 2 atom stereocenters. The molecule has 0 saturated carbocycles. The normalized spacial score (nSPS) is 25.6. The van der Waals surface area contributed by atoms with E-state index in [1.54, 1.807) is 7.11 Å². The molecule has 0 bridgehead atoms. The highest BCUT2D eigenvalue weighted by Crippen LogP contribution is 2.30. The van der Waals surface area contributed by atoms with Gasteiger partial charge in [-0.05, 0) is 49.9 Å². The molecule has 0 unspecified atom stereocenters. The Hall–Kier alpha value is -1.55. The maximum Gasteiger partial charge on any atom is 0.224 e. The first-order valence-corrected chi connectivity index (χ1v) is 7.76. The molecule has 2 aliphatic rings. The second kappa shape index (κ2) is 5.68. The number of nitrogens with zero attached hydrogens (tertiary/aromatic N) is 1. The molecule has 0 spiro atoms. The van der Waals surface area contributed by atoms with E-state index >= 15 is 0 Å². The highest BCUT2D eigenvalue weighted by molar-refractivity contribution is 5.82. The van der Waals surface area contributed by atoms with Crippen LogP contribution in [0.2, 0.25) is 0 Å². The molecular formula is C17H24N2O2. The van der Waals surface area contributed by atoms with E-state index in [2.05, 4.69) is 36.2 Å². The van der Waals surface area contributed by atoms with Crippen molar-refractivity contribution in [2.75, 3.05) is 20.2 Å². The molecule has 4 heteroatoms. The number of nitrogens with one attached hydrogen (secondary N) is 1. The number of carbonyl (C=O) groups is 1. The van der Waals surface area contributed by atoms with Crippen LogP contribution >= 0.6 is 0 Å². The molecule has 2 saturated heterocycles. The van der Waals surface area contributed by atoms with Crippen molar-refractivity contribution in [3.05, 3.63) is 28.8 Å². The Labute approximate surface area is 126 Å². The molecule has 2 heterocycles. The number of amides is 1. The summed E-state index contributed by atoms with van der Waals surface area (Å²) < 4.78 is 5.44. The minimum Gasteiger partial charge on any atom is -0.496 e. The smallest absolute Gasteiger partial charge is 0.224 e. The summed E-state index contributed by atoms with van der Waals surface area (Å²) in [6, 6.07) is 4.79. The van der Waals surface area contributed by atoms with Gasteiger partial charge >= 0.3 is 0 Å². The zero-order valence-electron chi connectivity index (χ0n) is 13.1. The average molecular weight is 288 g/mol. The van der Waals surface area contributed by atoms with Crippen molar-refractivity contribution < 1.29 is 9.53 Å². The van der Waals surface area contributed by atoms with Gasteiger partial charge in [-0.3, -0.25) is 9.69 Å². The van der Waals surface area contributed by atoms with E-state index in [9.17, 15) is 4.79 Å². The van der Waals surface area contributed by atoms with Gasteiger partial charge in [0.15, 0.2) is 0 Å². The van der Waals surface area contributed by atoms with Crippen LogP contribution in [0.25, 0.3) is 0 Å². The van der Waals surface area contributed by atoms with Crippen LogP contribution in [-0.2, 0) is 11.3 Å². The first-order valence-electron chi connectivity index (χ1n) is 7.76. The van der Waals surface area contributed by atoms with E-state index in [0.29, 0.717) is 6.04 Å². The Balaban J connectivity index is 1.79. The summed E-state index contributed by atoms with van der Waals surface area (Å²) in [5.74, 6) is 1.42. The van der Waals surface area contributed by atoms with Crippen molar-refractivity contribution in [3.63, 3.8) is 0 Å². The summed E-state index contributed by atoms with van der Waals surface area (Å²) in [6.07, 6.45) is 2.15. The van der Waals surface area contributed by atoms with Crippen LogP contribution in [0, 0.1) is 19.8 Å². The number of methoxy groups -OCH3 is 1. The molecule has 4 nitrogen and oxygen atoms in total. The summed E-state index contributed by atoms with van der Waals surface area (Å²) in [4.78, 5) is 14.3. The predicted octanol–water partition coefficient (Wildman–Crippen LogP) is 2.02. The van der Waals surface area contributed by atoms with E-state index in [-0.39, 0.29) is 11.8 Å². The summed E-state index contributed by atoms with van der Waals surface area (Å²) in [5, 5.41) is 3.02. The maximum absolute atomic E-state index is 11.8. The SMILES string of the molecule is COc1c(C)cc(CN2CCC[C@H]3C(=O)NC[C@H]32)cc1C. The quantitative estimate of drug-likeness (QED) is 0.925. The standard InChI is InChI=1S/C17H24N2O2/c1-11-7-13(8-12(2)16(11)21-3)10-19-6-4-5-14-15(19)9-18-17(14)20/h7-8,14-15H,4-6,9-10H2,1-3H3,(H,18,20)/t14-,15-/m1/s1. The Morgan fingerprint density at radius 1 is 1.33 bits per heavy atom. The van der Waals surface area contributed by atoms with Gasteiger partial charge in [-0.25, -0.2) is 0 Å². The summed E-state index contributed by atoms with van der Waals surface area (Å²) in [6.45, 7) is 6.99. The fourth-order valence-electron chi connectivity index (χ4n) is 3.92. The summed E-state index contributed by atoms with van der Waals surface area (Å²) in [5.41, 5.74) is 3.68. The summed E-state index contributed by atoms with van der Waals surface area (Å²) in [7, 11) is 1.72. The van der Waals surface area contributed by atoms with Crippen LogP contribution in [0.4, 0.5) is 0 Å². The molecule has 0 radical (unpaired) electrons. The number of likely N-dealkylation sites (tertiary alicyclic amines) is 1. The first kappa shape index (κ1) is 14.4. The largest absolute Gasteiger partial charge is 0.496 e. The van der Waals surface area contributed by atoms with E-state index in [1.165, 1.54) is 16.7 Å². The van der Waals surface area contributed by atoms with Crippen molar-refractivity contribution in [1.29, 1.82) is 0 Å². The van der Waals surface area contributed by atoms with Crippen LogP contribution in [0.5, 0.6) is 5.75 Å². The summed E-state index contributed by atoms with van der Waals surface area (Å²) >= 11 is 0. The Bertz CT molecular complexity index is 533. The number of fused-ring (bicyclic) bond motifs is 1. The molecule has 2 fully saturated rings. The molecule has 0 aromatic heterocycles. The molecule has 3 rings (SSSR count). The van der Waals surface area contributed by atoms with Crippen LogP contribution in [-0.4, -0.2) is 37.0 Å². The topological polar surface area (TPSA) is 41.6 Å². The predicted molar refractivity (Wildman–Crippen MR) is 82.4 cm³/mol. The first-order chi connectivity index (χ1) is 10.1. The van der Waals surface area contributed by atoms with Gasteiger partial charge < -0.3 is 10.1 Å². The highest BCUT2D eigenvalue weighted by Gasteiger charge is 2.40. The van der Waals surface area contributed by atoms with Gasteiger partial charge in [0.05, 0.1) is 13.0 Å². The Morgan fingerprint density at radius 3 is 2.71 bits per heavy atom. The van der Waals surface area contributed by atoms with Crippen molar-refractivity contribution in [1.82, 2.24) is 10.2 Å². The molecule has 1 amide bonds. The number of ether oxygens (including phenoxy) is 1. The van der Waals surface area contributed by atoms with Gasteiger partial charge in [-0.1, -0.05) is 12.1 Å². The lowest BCUT2D eigenvalue weighted by molar-refractivity contribution is -0.124. The third-order valence-electron chi connectivity index (χ3n) is 4.83. The van der Waals surface area contributed by atoms with Gasteiger partial charge in [0.1, 0.15) is 5.75 Å². The van der Waals surface area contributed by atoms with Gasteiger partial charge in [0.2, 0.25) is 5.91 Å². The van der Waals surface area contributed by atoms with Crippen molar-refractivity contribution >= 4 is 5.91 Å². The molecule has 1 aromatic carbocycles. The van der Waals surface area contributed by atoms with Gasteiger partial charge in [0.25, 0.3) is 0 Å². The van der Waals surface area contributed by atoms with E-state index in [0.717, 1.165) is 38.2 Å². The number of aryl methyl sites for hydroxylation is 2. The second-order valence-electron chi connectivity index (χ2n) is 6.29. The van der Waals surface area contributed by atoms with Crippen molar-refractivity contribution in [2.45, 2.75) is 39.3 Å². The zero-order chi connectivity index (χ0) is 15.0. The fraction of sp³-hybridized carbons (Fsp3) is 0.588. The lowest BCUT2D eigenvalue weighted by Crippen LogP contribution is -2.44. The minimum absolute atomic E-state index is 0.194. The highest BCUT2D eigenvalue weighted by atomic mass is 16.5. The second-order valence-corrected chi connectivity index (χ2v) is 6.29. The van der Waals surface area contributed by atoms with E-state index in [4.69, 9.17) is 4.74 Å². The fourth-order valence-corrected chi connectivity index (χ4v) is 3.92. The molecule has 2 aliphatic heterocycles. The molecule has 114 valence electrons. The van der Waals surface area contributed by atoms with Crippen molar-refractivity contribution in [3.8, 4) is 5.75 Å². The van der Waals surface area contributed by atoms with Gasteiger partial charge in [-0.15, -0.1) is 0 Å². The van der Waals surface area contributed by atoms with Crippen LogP contribution in [0.15, 0.2) is 12.1 Å². The monoisotopic (exact) mass is 288 g/mol. The van der Waals surface area contributed by atoms with Gasteiger partial charge in [0, 0.05) is 19.1 Å².